The van der Waals surface area contributed by atoms with Gasteiger partial charge in [0.05, 0.1) is 12.7 Å². The maximum absolute atomic E-state index is 13.7. The van der Waals surface area contributed by atoms with Crippen LogP contribution in [0, 0.1) is 17.5 Å². The maximum atomic E-state index is 13.7. The Morgan fingerprint density at radius 3 is 2.44 bits per heavy atom. The van der Waals surface area contributed by atoms with E-state index in [1.54, 1.807) is 6.92 Å². The topological polar surface area (TPSA) is 33.5 Å². The van der Waals surface area contributed by atoms with Gasteiger partial charge < -0.3 is 10.2 Å². The van der Waals surface area contributed by atoms with Gasteiger partial charge in [-0.25, -0.2) is 13.2 Å². The van der Waals surface area contributed by atoms with E-state index in [-0.39, 0.29) is 5.69 Å². The number of carbonyl (C=O) groups is 1. The first-order valence-corrected chi connectivity index (χ1v) is 8.61. The van der Waals surface area contributed by atoms with Gasteiger partial charge in [0.2, 0.25) is 0 Å². The molecule has 0 aliphatic rings. The molecule has 1 amide bonds. The number of nitrogens with one attached hydrogen (secondary N) is 2. The Balaban J connectivity index is 1.69. The van der Waals surface area contributed by atoms with Crippen molar-refractivity contribution in [2.24, 2.45) is 0 Å². The van der Waals surface area contributed by atoms with Gasteiger partial charge in [-0.2, -0.15) is 0 Å². The second-order valence-corrected chi connectivity index (χ2v) is 6.64. The van der Waals surface area contributed by atoms with Crippen LogP contribution in [0.15, 0.2) is 54.6 Å². The minimum absolute atomic E-state index is 0.371. The molecular formula is C21H20F3N2O+. The van der Waals surface area contributed by atoms with E-state index in [4.69, 9.17) is 0 Å². The number of benzene rings is 3. The standard InChI is InChI=1S/C21H19F3N2O/c1-13(21(27)25-18-10-9-17(22)19(23)20(18)24)26(2)12-14-7-8-15-5-3-4-6-16(15)11-14/h3-11,13H,12H2,1-2H3,(H,25,27)/p+1/t13-/m0/s1. The van der Waals surface area contributed by atoms with E-state index >= 15 is 0 Å². The fourth-order valence-corrected chi connectivity index (χ4v) is 2.91. The zero-order valence-electron chi connectivity index (χ0n) is 15.0. The predicted molar refractivity (Wildman–Crippen MR) is 98.9 cm³/mol. The highest BCUT2D eigenvalue weighted by Crippen LogP contribution is 2.19. The lowest BCUT2D eigenvalue weighted by molar-refractivity contribution is -0.907. The monoisotopic (exact) mass is 373 g/mol. The molecule has 0 aromatic heterocycles. The van der Waals surface area contributed by atoms with E-state index in [0.717, 1.165) is 33.4 Å². The van der Waals surface area contributed by atoms with E-state index in [1.807, 2.05) is 43.4 Å². The van der Waals surface area contributed by atoms with Crippen LogP contribution in [-0.2, 0) is 11.3 Å². The molecule has 0 saturated carbocycles. The summed E-state index contributed by atoms with van der Waals surface area (Å²) >= 11 is 0. The van der Waals surface area contributed by atoms with Crippen LogP contribution in [0.4, 0.5) is 18.9 Å². The number of fused-ring (bicyclic) bond motifs is 1. The smallest absolute Gasteiger partial charge is 0.282 e. The Hall–Kier alpha value is -2.86. The molecule has 0 aliphatic carbocycles. The van der Waals surface area contributed by atoms with Crippen LogP contribution in [-0.4, -0.2) is 19.0 Å². The lowest BCUT2D eigenvalue weighted by atomic mass is 10.1. The lowest BCUT2D eigenvalue weighted by Crippen LogP contribution is -3.12. The third-order valence-corrected chi connectivity index (χ3v) is 4.72. The molecule has 6 heteroatoms. The number of amides is 1. The van der Waals surface area contributed by atoms with Crippen molar-refractivity contribution < 1.29 is 22.9 Å². The molecule has 2 atom stereocenters. The average Bonchev–Trinajstić information content (AvgIpc) is 2.67. The summed E-state index contributed by atoms with van der Waals surface area (Å²) < 4.78 is 40.1. The molecule has 3 rings (SSSR count). The Labute approximate surface area is 155 Å². The number of quaternary nitrogens is 1. The Morgan fingerprint density at radius 2 is 1.70 bits per heavy atom. The molecule has 2 N–H and O–H groups in total. The molecule has 3 nitrogen and oxygen atoms in total. The van der Waals surface area contributed by atoms with Crippen molar-refractivity contribution in [2.45, 2.75) is 19.5 Å². The molecule has 3 aromatic rings. The number of carbonyl (C=O) groups excluding carboxylic acids is 1. The first-order chi connectivity index (χ1) is 12.9. The maximum Gasteiger partial charge on any atom is 0.282 e. The summed E-state index contributed by atoms with van der Waals surface area (Å²) in [5.74, 6) is -4.77. The second-order valence-electron chi connectivity index (χ2n) is 6.64. The van der Waals surface area contributed by atoms with Gasteiger partial charge in [0.15, 0.2) is 23.5 Å². The largest absolute Gasteiger partial charge is 0.324 e. The zero-order valence-corrected chi connectivity index (χ0v) is 15.0. The Kier molecular flexibility index (Phi) is 5.46. The van der Waals surface area contributed by atoms with Gasteiger partial charge in [0.1, 0.15) is 6.54 Å². The second kappa shape index (κ2) is 7.80. The van der Waals surface area contributed by atoms with Crippen molar-refractivity contribution >= 4 is 22.4 Å². The Bertz CT molecular complexity index is 990. The van der Waals surface area contributed by atoms with E-state index in [9.17, 15) is 18.0 Å². The van der Waals surface area contributed by atoms with Crippen LogP contribution in [0.5, 0.6) is 0 Å². The highest BCUT2D eigenvalue weighted by atomic mass is 19.2. The van der Waals surface area contributed by atoms with Gasteiger partial charge in [-0.3, -0.25) is 4.79 Å². The van der Waals surface area contributed by atoms with E-state index in [0.29, 0.717) is 6.54 Å². The minimum Gasteiger partial charge on any atom is -0.324 e. The fourth-order valence-electron chi connectivity index (χ4n) is 2.91. The van der Waals surface area contributed by atoms with Crippen LogP contribution in [0.1, 0.15) is 12.5 Å². The average molecular weight is 373 g/mol. The van der Waals surface area contributed by atoms with Crippen molar-refractivity contribution in [1.82, 2.24) is 0 Å². The molecule has 0 spiro atoms. The summed E-state index contributed by atoms with van der Waals surface area (Å²) in [5, 5.41) is 4.59. The molecule has 0 bridgehead atoms. The van der Waals surface area contributed by atoms with Crippen LogP contribution >= 0.6 is 0 Å². The molecule has 0 heterocycles. The SMILES string of the molecule is C[C@@H](C(=O)Nc1ccc(F)c(F)c1F)[NH+](C)Cc1ccc2ccccc2c1. The highest BCUT2D eigenvalue weighted by Gasteiger charge is 2.24. The van der Waals surface area contributed by atoms with Crippen LogP contribution in [0.25, 0.3) is 10.8 Å². The molecule has 3 aromatic carbocycles. The molecule has 0 saturated heterocycles. The molecule has 0 fully saturated rings. The number of anilines is 1. The normalized spacial score (nSPS) is 13.4. The van der Waals surface area contributed by atoms with Gasteiger partial charge in [-0.1, -0.05) is 36.4 Å². The Morgan fingerprint density at radius 1 is 1.00 bits per heavy atom. The third kappa shape index (κ3) is 4.11. The number of halogens is 3. The van der Waals surface area contributed by atoms with Crippen molar-refractivity contribution in [3.8, 4) is 0 Å². The third-order valence-electron chi connectivity index (χ3n) is 4.72. The van der Waals surface area contributed by atoms with E-state index in [2.05, 4.69) is 11.4 Å². The molecule has 0 radical (unpaired) electrons. The first kappa shape index (κ1) is 18.9. The van der Waals surface area contributed by atoms with Crippen LogP contribution < -0.4 is 10.2 Å². The van der Waals surface area contributed by atoms with E-state index < -0.39 is 29.4 Å². The van der Waals surface area contributed by atoms with Crippen molar-refractivity contribution in [2.75, 3.05) is 12.4 Å². The van der Waals surface area contributed by atoms with Gasteiger partial charge in [0.25, 0.3) is 5.91 Å². The summed E-state index contributed by atoms with van der Waals surface area (Å²) in [6.07, 6.45) is 0. The molecule has 27 heavy (non-hydrogen) atoms. The molecular weight excluding hydrogens is 353 g/mol. The fraction of sp³-hybridized carbons (Fsp3) is 0.190. The molecule has 0 aliphatic heterocycles. The highest BCUT2D eigenvalue weighted by molar-refractivity contribution is 5.93. The van der Waals surface area contributed by atoms with E-state index in [1.165, 1.54) is 0 Å². The summed E-state index contributed by atoms with van der Waals surface area (Å²) in [7, 11) is 1.85. The van der Waals surface area contributed by atoms with Crippen LogP contribution in [0.2, 0.25) is 0 Å². The number of hydrogen-bond acceptors (Lipinski definition) is 1. The molecule has 1 unspecified atom stereocenters. The van der Waals surface area contributed by atoms with Gasteiger partial charge in [0, 0.05) is 5.56 Å². The zero-order chi connectivity index (χ0) is 19.6. The minimum atomic E-state index is -1.60. The number of hydrogen-bond donors (Lipinski definition) is 2. The summed E-state index contributed by atoms with van der Waals surface area (Å²) in [6.45, 7) is 2.28. The predicted octanol–water partition coefficient (Wildman–Crippen LogP) is 3.30. The van der Waals surface area contributed by atoms with Crippen molar-refractivity contribution in [3.63, 3.8) is 0 Å². The van der Waals surface area contributed by atoms with Gasteiger partial charge >= 0.3 is 0 Å². The number of likely N-dealkylation sites (N-methyl/N-ethyl adjacent to an activating group) is 1. The number of rotatable bonds is 5. The van der Waals surface area contributed by atoms with Gasteiger partial charge in [-0.15, -0.1) is 0 Å². The summed E-state index contributed by atoms with van der Waals surface area (Å²) in [5.41, 5.74) is 0.689. The van der Waals surface area contributed by atoms with Crippen molar-refractivity contribution in [1.29, 1.82) is 0 Å². The lowest BCUT2D eigenvalue weighted by Gasteiger charge is -2.21. The summed E-state index contributed by atoms with van der Waals surface area (Å²) in [6, 6.07) is 15.4. The molecule has 140 valence electrons. The quantitative estimate of drug-likeness (QED) is 0.661. The van der Waals surface area contributed by atoms with Crippen molar-refractivity contribution in [3.05, 3.63) is 77.6 Å². The summed E-state index contributed by atoms with van der Waals surface area (Å²) in [4.78, 5) is 13.3. The van der Waals surface area contributed by atoms with Gasteiger partial charge in [-0.05, 0) is 35.9 Å². The van der Waals surface area contributed by atoms with Crippen LogP contribution in [0.3, 0.4) is 0 Å². The first-order valence-electron chi connectivity index (χ1n) is 8.61.